The summed E-state index contributed by atoms with van der Waals surface area (Å²) in [6.45, 7) is 8.76. The summed E-state index contributed by atoms with van der Waals surface area (Å²) in [6, 6.07) is 8.60. The van der Waals surface area contributed by atoms with E-state index in [1.165, 1.54) is 0 Å². The van der Waals surface area contributed by atoms with Crippen LogP contribution in [0, 0.1) is 0 Å². The zero-order valence-electron chi connectivity index (χ0n) is 16.0. The number of rotatable bonds is 4. The molecule has 0 unspecified atom stereocenters. The van der Waals surface area contributed by atoms with Crippen molar-refractivity contribution in [3.63, 3.8) is 0 Å². The highest BCUT2D eigenvalue weighted by atomic mass is 16.5. The molecule has 0 radical (unpaired) electrons. The minimum Gasteiger partial charge on any atom is -0.508 e. The Kier molecular flexibility index (Phi) is 4.80. The molecule has 3 rings (SSSR count). The quantitative estimate of drug-likeness (QED) is 0.871. The molecule has 0 aliphatic carbocycles. The van der Waals surface area contributed by atoms with Crippen molar-refractivity contribution in [2.75, 3.05) is 7.11 Å². The zero-order chi connectivity index (χ0) is 18.9. The first-order chi connectivity index (χ1) is 12.2. The van der Waals surface area contributed by atoms with E-state index in [0.717, 1.165) is 18.4 Å². The van der Waals surface area contributed by atoms with E-state index in [9.17, 15) is 5.11 Å². The van der Waals surface area contributed by atoms with Crippen LogP contribution in [-0.4, -0.2) is 39.6 Å². The molecule has 0 atom stereocenters. The van der Waals surface area contributed by atoms with Crippen LogP contribution in [0.3, 0.4) is 0 Å². The molecule has 1 aliphatic heterocycles. The van der Waals surface area contributed by atoms with Crippen molar-refractivity contribution in [2.24, 2.45) is 0 Å². The maximum atomic E-state index is 9.59. The fraction of sp³-hybridized carbons (Fsp3) is 0.500. The van der Waals surface area contributed by atoms with Gasteiger partial charge in [-0.1, -0.05) is 0 Å². The van der Waals surface area contributed by atoms with Crippen molar-refractivity contribution in [3.8, 4) is 28.6 Å². The number of ether oxygens (including phenoxy) is 2. The van der Waals surface area contributed by atoms with E-state index < -0.39 is 0 Å². The van der Waals surface area contributed by atoms with Gasteiger partial charge in [-0.2, -0.15) is 0 Å². The fourth-order valence-corrected chi connectivity index (χ4v) is 3.90. The van der Waals surface area contributed by atoms with Crippen LogP contribution in [0.5, 0.6) is 17.4 Å². The van der Waals surface area contributed by atoms with Crippen LogP contribution in [0.2, 0.25) is 0 Å². The summed E-state index contributed by atoms with van der Waals surface area (Å²) in [4.78, 5) is 0. The maximum Gasteiger partial charge on any atom is 0.233 e. The maximum absolute atomic E-state index is 9.59. The van der Waals surface area contributed by atoms with Crippen LogP contribution in [0.15, 0.2) is 30.3 Å². The first-order valence-corrected chi connectivity index (χ1v) is 8.85. The van der Waals surface area contributed by atoms with Gasteiger partial charge in [0, 0.05) is 41.6 Å². The summed E-state index contributed by atoms with van der Waals surface area (Å²) in [6.07, 6.45) is 1.90. The number of piperidine rings is 1. The molecule has 1 aromatic heterocycles. The number of methoxy groups -OCH3 is 1. The molecule has 0 bridgehead atoms. The number of nitrogens with zero attached hydrogens (tertiary/aromatic N) is 2. The van der Waals surface area contributed by atoms with Gasteiger partial charge in [0.05, 0.1) is 12.8 Å². The summed E-state index contributed by atoms with van der Waals surface area (Å²) in [7, 11) is 1.56. The Balaban J connectivity index is 1.76. The predicted molar refractivity (Wildman–Crippen MR) is 101 cm³/mol. The fourth-order valence-electron chi connectivity index (χ4n) is 3.90. The number of nitrogens with one attached hydrogen (secondary N) is 1. The molecule has 1 fully saturated rings. The normalized spacial score (nSPS) is 19.1. The molecule has 2 aromatic rings. The number of aromatic hydroxyl groups is 1. The highest BCUT2D eigenvalue weighted by Crippen LogP contribution is 2.33. The summed E-state index contributed by atoms with van der Waals surface area (Å²) in [5, 5.41) is 21.7. The summed E-state index contributed by atoms with van der Waals surface area (Å²) < 4.78 is 11.4. The second-order valence-corrected chi connectivity index (χ2v) is 8.18. The van der Waals surface area contributed by atoms with Crippen molar-refractivity contribution in [2.45, 2.75) is 57.7 Å². The van der Waals surface area contributed by atoms with Crippen LogP contribution in [0.25, 0.3) is 11.3 Å². The topological polar surface area (TPSA) is 76.5 Å². The SMILES string of the molecule is COc1cc(O)ccc1-c1ccc(OC2CC(C)(C)NC(C)(C)C2)nn1. The second kappa shape index (κ2) is 6.76. The van der Waals surface area contributed by atoms with E-state index >= 15 is 0 Å². The predicted octanol–water partition coefficient (Wildman–Crippen LogP) is 3.55. The largest absolute Gasteiger partial charge is 0.508 e. The number of aromatic nitrogens is 2. The molecule has 26 heavy (non-hydrogen) atoms. The van der Waals surface area contributed by atoms with Gasteiger partial charge in [0.15, 0.2) is 0 Å². The lowest BCUT2D eigenvalue weighted by Crippen LogP contribution is -2.60. The molecule has 0 saturated carbocycles. The summed E-state index contributed by atoms with van der Waals surface area (Å²) >= 11 is 0. The molecule has 1 aromatic carbocycles. The first-order valence-electron chi connectivity index (χ1n) is 8.85. The average Bonchev–Trinajstić information content (AvgIpc) is 2.52. The highest BCUT2D eigenvalue weighted by molar-refractivity contribution is 5.68. The number of phenolic OH excluding ortho intramolecular Hbond substituents is 1. The van der Waals surface area contributed by atoms with E-state index in [1.807, 2.05) is 12.1 Å². The lowest BCUT2D eigenvalue weighted by atomic mass is 9.81. The van der Waals surface area contributed by atoms with Gasteiger partial charge in [-0.15, -0.1) is 10.2 Å². The highest BCUT2D eigenvalue weighted by Gasteiger charge is 2.38. The molecule has 2 N–H and O–H groups in total. The molecule has 1 saturated heterocycles. The van der Waals surface area contributed by atoms with Gasteiger partial charge in [0.25, 0.3) is 0 Å². The van der Waals surface area contributed by atoms with Gasteiger partial charge in [0.2, 0.25) is 5.88 Å². The van der Waals surface area contributed by atoms with Crippen molar-refractivity contribution in [1.29, 1.82) is 0 Å². The van der Waals surface area contributed by atoms with Crippen LogP contribution in [0.1, 0.15) is 40.5 Å². The van der Waals surface area contributed by atoms with Crippen LogP contribution in [0.4, 0.5) is 0 Å². The number of phenols is 1. The average molecular weight is 357 g/mol. The van der Waals surface area contributed by atoms with Crippen LogP contribution >= 0.6 is 0 Å². The smallest absolute Gasteiger partial charge is 0.233 e. The number of hydrogen-bond donors (Lipinski definition) is 2. The Bertz CT molecular complexity index is 756. The number of benzene rings is 1. The Labute approximate surface area is 154 Å². The first kappa shape index (κ1) is 18.5. The summed E-state index contributed by atoms with van der Waals surface area (Å²) in [5.41, 5.74) is 1.46. The van der Waals surface area contributed by atoms with Crippen molar-refractivity contribution in [3.05, 3.63) is 30.3 Å². The van der Waals surface area contributed by atoms with Crippen LogP contribution < -0.4 is 14.8 Å². The van der Waals surface area contributed by atoms with Gasteiger partial charge < -0.3 is 19.9 Å². The van der Waals surface area contributed by atoms with E-state index in [0.29, 0.717) is 17.3 Å². The Morgan fingerprint density at radius 2 is 1.73 bits per heavy atom. The molecular weight excluding hydrogens is 330 g/mol. The zero-order valence-corrected chi connectivity index (χ0v) is 16.0. The van der Waals surface area contributed by atoms with Crippen LogP contribution in [-0.2, 0) is 0 Å². The van der Waals surface area contributed by atoms with E-state index in [4.69, 9.17) is 9.47 Å². The Hall–Kier alpha value is -2.34. The Morgan fingerprint density at radius 3 is 2.31 bits per heavy atom. The van der Waals surface area contributed by atoms with E-state index in [-0.39, 0.29) is 22.9 Å². The molecule has 0 spiro atoms. The molecule has 6 heteroatoms. The molecule has 0 amide bonds. The van der Waals surface area contributed by atoms with Crippen molar-refractivity contribution in [1.82, 2.24) is 15.5 Å². The van der Waals surface area contributed by atoms with E-state index in [2.05, 4.69) is 43.2 Å². The van der Waals surface area contributed by atoms with Crippen molar-refractivity contribution >= 4 is 0 Å². The monoisotopic (exact) mass is 357 g/mol. The third kappa shape index (κ3) is 4.25. The molecule has 6 nitrogen and oxygen atoms in total. The minimum atomic E-state index is 0.0131. The van der Waals surface area contributed by atoms with Crippen molar-refractivity contribution < 1.29 is 14.6 Å². The third-order valence-corrected chi connectivity index (χ3v) is 4.54. The second-order valence-electron chi connectivity index (χ2n) is 8.18. The lowest BCUT2D eigenvalue weighted by molar-refractivity contribution is 0.0524. The van der Waals surface area contributed by atoms with Gasteiger partial charge in [-0.05, 0) is 45.9 Å². The minimum absolute atomic E-state index is 0.0131. The third-order valence-electron chi connectivity index (χ3n) is 4.54. The molecular formula is C20H27N3O3. The van der Waals surface area contributed by atoms with Gasteiger partial charge >= 0.3 is 0 Å². The molecule has 2 heterocycles. The molecule has 1 aliphatic rings. The van der Waals surface area contributed by atoms with Gasteiger partial charge in [-0.3, -0.25) is 0 Å². The molecule has 140 valence electrons. The van der Waals surface area contributed by atoms with Gasteiger partial charge in [0.1, 0.15) is 17.6 Å². The van der Waals surface area contributed by atoms with E-state index in [1.54, 1.807) is 25.3 Å². The summed E-state index contributed by atoms with van der Waals surface area (Å²) in [5.74, 6) is 1.22. The number of hydrogen-bond acceptors (Lipinski definition) is 6. The standard InChI is InChI=1S/C20H27N3O3/c1-19(2)11-14(12-20(3,4)23-19)26-18-9-8-16(21-22-18)15-7-6-13(24)10-17(15)25-5/h6-10,14,23-24H,11-12H2,1-5H3. The Morgan fingerprint density at radius 1 is 1.04 bits per heavy atom. The van der Waals surface area contributed by atoms with Gasteiger partial charge in [-0.25, -0.2) is 0 Å². The lowest BCUT2D eigenvalue weighted by Gasteiger charge is -2.46.